The molecule has 0 bridgehead atoms. The minimum atomic E-state index is -3.25. The third kappa shape index (κ3) is 3.30. The van der Waals surface area contributed by atoms with Crippen molar-refractivity contribution in [3.05, 3.63) is 0 Å². The first-order valence-corrected chi connectivity index (χ1v) is 6.91. The van der Waals surface area contributed by atoms with Crippen molar-refractivity contribution < 1.29 is 8.42 Å². The topological polar surface area (TPSA) is 52.7 Å². The Balaban J connectivity index is 0.00000225. The fourth-order valence-corrected chi connectivity index (χ4v) is 3.66. The Morgan fingerprint density at radius 3 is 2.38 bits per heavy atom. The van der Waals surface area contributed by atoms with Crippen LogP contribution in [0.15, 0.2) is 0 Å². The summed E-state index contributed by atoms with van der Waals surface area (Å²) >= 11 is 0. The van der Waals surface area contributed by atoms with E-state index in [1.165, 1.54) is 4.31 Å². The molecule has 1 N–H and O–H groups in total. The quantitative estimate of drug-likeness (QED) is 0.800. The number of piperazine rings is 1. The van der Waals surface area contributed by atoms with E-state index in [4.69, 9.17) is 0 Å². The predicted octanol–water partition coefficient (Wildman–Crippen LogP) is 0.288. The van der Waals surface area contributed by atoms with Gasteiger partial charge in [0.05, 0.1) is 0 Å². The number of nitrogens with one attached hydrogen (secondary N) is 1. The van der Waals surface area contributed by atoms with Gasteiger partial charge in [-0.3, -0.25) is 0 Å². The molecule has 0 radical (unpaired) electrons. The Labute approximate surface area is 105 Å². The zero-order chi connectivity index (χ0) is 11.5. The van der Waals surface area contributed by atoms with Crippen LogP contribution in [0.5, 0.6) is 0 Å². The summed E-state index contributed by atoms with van der Waals surface area (Å²) in [6, 6.07) is 0.0457. The molecule has 0 spiro atoms. The van der Waals surface area contributed by atoms with Crippen molar-refractivity contribution >= 4 is 22.6 Å². The van der Waals surface area contributed by atoms with Gasteiger partial charge in [0.2, 0.25) is 0 Å². The molecule has 0 saturated carbocycles. The van der Waals surface area contributed by atoms with E-state index >= 15 is 0 Å². The standard InChI is InChI=1S/C9H21N3O2S.ClH/c1-4-11(5-2)15(13,14)12-7-6-10-8-9(12)3;/h9-10H,4-8H2,1-3H3;1H. The van der Waals surface area contributed by atoms with Gasteiger partial charge >= 0.3 is 0 Å². The van der Waals surface area contributed by atoms with Crippen molar-refractivity contribution in [3.8, 4) is 0 Å². The van der Waals surface area contributed by atoms with Crippen LogP contribution in [0.4, 0.5) is 0 Å². The van der Waals surface area contributed by atoms with Crippen molar-refractivity contribution in [1.82, 2.24) is 13.9 Å². The monoisotopic (exact) mass is 271 g/mol. The summed E-state index contributed by atoms with van der Waals surface area (Å²) < 4.78 is 27.5. The van der Waals surface area contributed by atoms with Crippen LogP contribution in [0.1, 0.15) is 20.8 Å². The van der Waals surface area contributed by atoms with Gasteiger partial charge in [-0.15, -0.1) is 12.4 Å². The molecule has 0 aromatic heterocycles. The number of halogens is 1. The fourth-order valence-electron chi connectivity index (χ4n) is 1.86. The van der Waals surface area contributed by atoms with Crippen LogP contribution in [-0.4, -0.2) is 55.8 Å². The van der Waals surface area contributed by atoms with Gasteiger partial charge in [0.1, 0.15) is 0 Å². The predicted molar refractivity (Wildman–Crippen MR) is 68.1 cm³/mol. The van der Waals surface area contributed by atoms with Gasteiger partial charge in [0.25, 0.3) is 10.2 Å². The zero-order valence-electron chi connectivity index (χ0n) is 10.1. The summed E-state index contributed by atoms with van der Waals surface area (Å²) in [6.07, 6.45) is 0. The first-order chi connectivity index (χ1) is 7.04. The summed E-state index contributed by atoms with van der Waals surface area (Å²) in [7, 11) is -3.25. The molecule has 98 valence electrons. The highest BCUT2D eigenvalue weighted by Crippen LogP contribution is 2.13. The number of nitrogens with zero attached hydrogens (tertiary/aromatic N) is 2. The van der Waals surface area contributed by atoms with E-state index in [1.54, 1.807) is 4.31 Å². The Kier molecular flexibility index (Phi) is 6.81. The average molecular weight is 272 g/mol. The summed E-state index contributed by atoms with van der Waals surface area (Å²) in [6.45, 7) is 8.80. The van der Waals surface area contributed by atoms with Crippen molar-refractivity contribution in [1.29, 1.82) is 0 Å². The molecule has 1 atom stereocenters. The van der Waals surface area contributed by atoms with Crippen LogP contribution in [0.2, 0.25) is 0 Å². The molecule has 1 unspecified atom stereocenters. The SMILES string of the molecule is CCN(CC)S(=O)(=O)N1CCNCC1C.Cl. The maximum atomic E-state index is 12.2. The van der Waals surface area contributed by atoms with Crippen LogP contribution in [0, 0.1) is 0 Å². The molecule has 0 aliphatic carbocycles. The van der Waals surface area contributed by atoms with Gasteiger partial charge < -0.3 is 5.32 Å². The first-order valence-electron chi connectivity index (χ1n) is 5.51. The molecular formula is C9H22ClN3O2S. The molecule has 1 rings (SSSR count). The third-order valence-corrected chi connectivity index (χ3v) is 5.07. The lowest BCUT2D eigenvalue weighted by Gasteiger charge is -2.36. The number of hydrogen-bond acceptors (Lipinski definition) is 3. The van der Waals surface area contributed by atoms with E-state index < -0.39 is 10.2 Å². The molecule has 0 aromatic carbocycles. The van der Waals surface area contributed by atoms with Crippen molar-refractivity contribution in [2.75, 3.05) is 32.7 Å². The molecule has 16 heavy (non-hydrogen) atoms. The minimum Gasteiger partial charge on any atom is -0.314 e. The molecule has 7 heteroatoms. The highest BCUT2D eigenvalue weighted by atomic mass is 35.5. The van der Waals surface area contributed by atoms with Gasteiger partial charge in [0, 0.05) is 38.8 Å². The first kappa shape index (κ1) is 16.1. The highest BCUT2D eigenvalue weighted by molar-refractivity contribution is 7.86. The maximum absolute atomic E-state index is 12.2. The number of rotatable bonds is 4. The summed E-state index contributed by atoms with van der Waals surface area (Å²) in [5.41, 5.74) is 0. The van der Waals surface area contributed by atoms with Crippen LogP contribution >= 0.6 is 12.4 Å². The lowest BCUT2D eigenvalue weighted by atomic mass is 10.3. The van der Waals surface area contributed by atoms with E-state index in [1.807, 2.05) is 20.8 Å². The van der Waals surface area contributed by atoms with Gasteiger partial charge in [0.15, 0.2) is 0 Å². The van der Waals surface area contributed by atoms with Gasteiger partial charge in [-0.2, -0.15) is 17.0 Å². The van der Waals surface area contributed by atoms with Crippen molar-refractivity contribution in [2.45, 2.75) is 26.8 Å². The van der Waals surface area contributed by atoms with Gasteiger partial charge in [-0.25, -0.2) is 0 Å². The molecule has 1 aliphatic rings. The lowest BCUT2D eigenvalue weighted by molar-refractivity contribution is 0.260. The van der Waals surface area contributed by atoms with E-state index in [2.05, 4.69) is 5.32 Å². The second-order valence-corrected chi connectivity index (χ2v) is 5.64. The average Bonchev–Trinajstić information content (AvgIpc) is 2.19. The van der Waals surface area contributed by atoms with Crippen molar-refractivity contribution in [3.63, 3.8) is 0 Å². The smallest absolute Gasteiger partial charge is 0.282 e. The third-order valence-electron chi connectivity index (χ3n) is 2.77. The summed E-state index contributed by atoms with van der Waals surface area (Å²) in [5.74, 6) is 0. The molecule has 1 aliphatic heterocycles. The Bertz CT molecular complexity index is 293. The van der Waals surface area contributed by atoms with Crippen LogP contribution in [0.25, 0.3) is 0 Å². The van der Waals surface area contributed by atoms with Crippen molar-refractivity contribution in [2.24, 2.45) is 0 Å². The molecule has 5 nitrogen and oxygen atoms in total. The Hall–Kier alpha value is 0.120. The van der Waals surface area contributed by atoms with Crippen LogP contribution in [0.3, 0.4) is 0 Å². The Morgan fingerprint density at radius 1 is 1.38 bits per heavy atom. The molecule has 1 fully saturated rings. The lowest BCUT2D eigenvalue weighted by Crippen LogP contribution is -2.56. The molecule has 0 aromatic rings. The van der Waals surface area contributed by atoms with E-state index in [9.17, 15) is 8.42 Å². The minimum absolute atomic E-state index is 0. The largest absolute Gasteiger partial charge is 0.314 e. The van der Waals surface area contributed by atoms with Crippen LogP contribution in [-0.2, 0) is 10.2 Å². The van der Waals surface area contributed by atoms with E-state index in [-0.39, 0.29) is 18.4 Å². The molecule has 1 heterocycles. The van der Waals surface area contributed by atoms with E-state index in [0.717, 1.165) is 13.1 Å². The second kappa shape index (κ2) is 6.76. The van der Waals surface area contributed by atoms with Gasteiger partial charge in [-0.1, -0.05) is 13.8 Å². The second-order valence-electron chi connectivity index (χ2n) is 3.76. The molecular weight excluding hydrogens is 250 g/mol. The normalized spacial score (nSPS) is 23.1. The highest BCUT2D eigenvalue weighted by Gasteiger charge is 2.32. The maximum Gasteiger partial charge on any atom is 0.282 e. The molecule has 0 amide bonds. The summed E-state index contributed by atoms with van der Waals surface area (Å²) in [5, 5.41) is 3.19. The zero-order valence-corrected chi connectivity index (χ0v) is 11.8. The van der Waals surface area contributed by atoms with E-state index in [0.29, 0.717) is 19.6 Å². The van der Waals surface area contributed by atoms with Crippen LogP contribution < -0.4 is 5.32 Å². The number of hydrogen-bond donors (Lipinski definition) is 1. The Morgan fingerprint density at radius 2 is 1.94 bits per heavy atom. The fraction of sp³-hybridized carbons (Fsp3) is 1.00. The molecule has 1 saturated heterocycles. The summed E-state index contributed by atoms with van der Waals surface area (Å²) in [4.78, 5) is 0. The van der Waals surface area contributed by atoms with Gasteiger partial charge in [-0.05, 0) is 6.92 Å².